The van der Waals surface area contributed by atoms with Crippen molar-refractivity contribution in [2.75, 3.05) is 6.79 Å². The molecule has 0 saturated carbocycles. The molecule has 0 fully saturated rings. The van der Waals surface area contributed by atoms with Crippen molar-refractivity contribution in [1.29, 1.82) is 0 Å². The lowest BCUT2D eigenvalue weighted by Gasteiger charge is -2.31. The van der Waals surface area contributed by atoms with Crippen LogP contribution in [0.25, 0.3) is 11.1 Å². The minimum absolute atomic E-state index is 0.0381. The van der Waals surface area contributed by atoms with E-state index in [4.69, 9.17) is 18.9 Å². The first-order chi connectivity index (χ1) is 19.5. The number of hydrogen-bond donors (Lipinski definition) is 6. The third-order valence-electron chi connectivity index (χ3n) is 7.12. The van der Waals surface area contributed by atoms with Crippen LogP contribution in [0.2, 0.25) is 0 Å². The number of cyclic esters (lactones) is 1. The predicted octanol–water partition coefficient (Wildman–Crippen LogP) is 2.44. The average Bonchev–Trinajstić information content (AvgIpc) is 2.93. The number of rotatable bonds is 3. The molecule has 0 radical (unpaired) electrons. The molecule has 2 aliphatic rings. The number of para-hydroxylation sites is 1. The molecule has 0 aromatic heterocycles. The highest BCUT2D eigenvalue weighted by atomic mass is 16.8. The molecular weight excluding hydrogens is 540 g/mol. The van der Waals surface area contributed by atoms with E-state index in [-0.39, 0.29) is 51.5 Å². The first kappa shape index (κ1) is 28.2. The van der Waals surface area contributed by atoms with Crippen LogP contribution in [0.5, 0.6) is 28.7 Å². The SMILES string of the molecule is Cc1c2cc3c(c1O)C(=O)CC(O3)c1ccc(O)c(c1)-c1cccc(c1O)C(=O)OCOC(C(O)C(O)C(C)O)O2. The van der Waals surface area contributed by atoms with E-state index in [1.54, 1.807) is 0 Å². The Morgan fingerprint density at radius 3 is 2.34 bits per heavy atom. The lowest BCUT2D eigenvalue weighted by molar-refractivity contribution is -0.213. The van der Waals surface area contributed by atoms with Crippen molar-refractivity contribution in [2.45, 2.75) is 51.0 Å². The minimum atomic E-state index is -1.87. The summed E-state index contributed by atoms with van der Waals surface area (Å²) in [5.74, 6) is -2.72. The number of phenolic OH excluding ortho intramolecular Hbond substituents is 3. The number of esters is 1. The summed E-state index contributed by atoms with van der Waals surface area (Å²) in [6.45, 7) is 1.85. The molecule has 2 aliphatic heterocycles. The van der Waals surface area contributed by atoms with Crippen molar-refractivity contribution in [1.82, 2.24) is 0 Å². The van der Waals surface area contributed by atoms with Crippen LogP contribution in [0.1, 0.15) is 51.3 Å². The number of hydrogen-bond acceptors (Lipinski definition) is 12. The maximum atomic E-state index is 13.2. The van der Waals surface area contributed by atoms with Crippen LogP contribution in [0.15, 0.2) is 42.5 Å². The van der Waals surface area contributed by atoms with Gasteiger partial charge in [-0.1, -0.05) is 18.2 Å². The van der Waals surface area contributed by atoms with Gasteiger partial charge in [-0.15, -0.1) is 0 Å². The van der Waals surface area contributed by atoms with Crippen LogP contribution in [0, 0.1) is 6.92 Å². The number of aliphatic hydroxyl groups is 3. The number of aromatic hydroxyl groups is 3. The Morgan fingerprint density at radius 2 is 1.61 bits per heavy atom. The normalized spacial score (nSPS) is 20.7. The number of ketones is 1. The molecule has 0 saturated heterocycles. The number of benzene rings is 3. The van der Waals surface area contributed by atoms with E-state index >= 15 is 0 Å². The zero-order valence-electron chi connectivity index (χ0n) is 22.0. The van der Waals surface area contributed by atoms with Crippen molar-refractivity contribution in [2.24, 2.45) is 0 Å². The maximum Gasteiger partial charge on any atom is 0.344 e. The molecule has 216 valence electrons. The largest absolute Gasteiger partial charge is 0.507 e. The fourth-order valence-electron chi connectivity index (χ4n) is 4.76. The number of fused-ring (bicyclic) bond motifs is 8. The molecule has 3 aromatic rings. The van der Waals surface area contributed by atoms with Crippen LogP contribution < -0.4 is 9.47 Å². The second-order valence-corrected chi connectivity index (χ2v) is 9.86. The van der Waals surface area contributed by atoms with E-state index in [2.05, 4.69) is 0 Å². The Hall–Kier alpha value is -4.36. The molecule has 5 atom stereocenters. The van der Waals surface area contributed by atoms with Gasteiger partial charge in [0, 0.05) is 22.8 Å². The van der Waals surface area contributed by atoms with Gasteiger partial charge in [0.05, 0.1) is 12.5 Å². The van der Waals surface area contributed by atoms with Crippen molar-refractivity contribution in [3.8, 4) is 39.9 Å². The first-order valence-electron chi connectivity index (χ1n) is 12.7. The molecular formula is C29H28O12. The Bertz CT molecular complexity index is 1510. The zero-order valence-corrected chi connectivity index (χ0v) is 22.0. The van der Waals surface area contributed by atoms with Gasteiger partial charge in [0.25, 0.3) is 0 Å². The smallest absolute Gasteiger partial charge is 0.344 e. The molecule has 12 heteroatoms. The summed E-state index contributed by atoms with van der Waals surface area (Å²) in [5, 5.41) is 63.2. The van der Waals surface area contributed by atoms with Gasteiger partial charge < -0.3 is 49.6 Å². The summed E-state index contributed by atoms with van der Waals surface area (Å²) >= 11 is 0. The molecule has 41 heavy (non-hydrogen) atoms. The molecule has 0 spiro atoms. The van der Waals surface area contributed by atoms with Gasteiger partial charge >= 0.3 is 5.97 Å². The quantitative estimate of drug-likeness (QED) is 0.253. The van der Waals surface area contributed by atoms with Crippen LogP contribution in [-0.2, 0) is 9.47 Å². The Morgan fingerprint density at radius 1 is 0.878 bits per heavy atom. The van der Waals surface area contributed by atoms with Gasteiger partial charge in [-0.25, -0.2) is 4.79 Å². The zero-order chi connectivity index (χ0) is 29.6. The Balaban J connectivity index is 1.66. The van der Waals surface area contributed by atoms with Gasteiger partial charge in [0.2, 0.25) is 6.29 Å². The van der Waals surface area contributed by atoms with E-state index in [0.717, 1.165) is 0 Å². The topological polar surface area (TPSA) is 192 Å². The van der Waals surface area contributed by atoms with Gasteiger partial charge in [-0.05, 0) is 37.6 Å². The van der Waals surface area contributed by atoms with Crippen molar-refractivity contribution in [3.63, 3.8) is 0 Å². The van der Waals surface area contributed by atoms with E-state index < -0.39 is 60.8 Å². The minimum Gasteiger partial charge on any atom is -0.507 e. The molecule has 5 rings (SSSR count). The maximum absolute atomic E-state index is 13.2. The fourth-order valence-corrected chi connectivity index (χ4v) is 4.76. The third-order valence-corrected chi connectivity index (χ3v) is 7.12. The number of carbonyl (C=O) groups excluding carboxylic acids is 2. The fraction of sp³-hybridized carbons (Fsp3) is 0.310. The molecule has 3 aromatic carbocycles. The van der Waals surface area contributed by atoms with Crippen LogP contribution in [0.3, 0.4) is 0 Å². The monoisotopic (exact) mass is 568 g/mol. The Labute approximate surface area is 233 Å². The standard InChI is InChI=1S/C29H28O12/c1-12-20-10-22-23(24(12)33)19(32)9-21(40-22)14-6-7-18(31)17(8-14)15-4-3-5-16(26(15)35)28(37)38-11-39-29(41-20)27(36)25(34)13(2)30/h3-8,10,13,21,25,27,29-31,33-36H,9,11H2,1-2H3. The molecule has 12 nitrogen and oxygen atoms in total. The lowest BCUT2D eigenvalue weighted by atomic mass is 9.91. The van der Waals surface area contributed by atoms with Crippen molar-refractivity contribution < 1.29 is 59.2 Å². The second kappa shape index (κ2) is 10.9. The van der Waals surface area contributed by atoms with Gasteiger partial charge in [-0.3, -0.25) is 4.79 Å². The van der Waals surface area contributed by atoms with Crippen LogP contribution in [0.4, 0.5) is 0 Å². The highest BCUT2D eigenvalue weighted by molar-refractivity contribution is 6.03. The molecule has 5 unspecified atom stereocenters. The van der Waals surface area contributed by atoms with E-state index in [9.17, 15) is 40.2 Å². The highest BCUT2D eigenvalue weighted by Gasteiger charge is 2.36. The summed E-state index contributed by atoms with van der Waals surface area (Å²) in [6.07, 6.45) is -7.81. The first-order valence-corrected chi connectivity index (χ1v) is 12.7. The summed E-state index contributed by atoms with van der Waals surface area (Å²) in [7, 11) is 0. The second-order valence-electron chi connectivity index (χ2n) is 9.86. The van der Waals surface area contributed by atoms with E-state index in [1.807, 2.05) is 0 Å². The van der Waals surface area contributed by atoms with Gasteiger partial charge in [-0.2, -0.15) is 0 Å². The molecule has 0 amide bonds. The van der Waals surface area contributed by atoms with Crippen molar-refractivity contribution >= 4 is 11.8 Å². The number of Topliss-reactive ketones (excluding diaryl/α,β-unsaturated/α-hetero) is 1. The Kier molecular flexibility index (Phi) is 7.49. The summed E-state index contributed by atoms with van der Waals surface area (Å²) in [6, 6.07) is 9.95. The number of aliphatic hydroxyl groups excluding tert-OH is 3. The van der Waals surface area contributed by atoms with Crippen LogP contribution in [-0.4, -0.2) is 73.8 Å². The molecule has 0 aliphatic carbocycles. The van der Waals surface area contributed by atoms with E-state index in [0.29, 0.717) is 5.56 Å². The van der Waals surface area contributed by atoms with Gasteiger partial charge in [0.1, 0.15) is 58.2 Å². The summed E-state index contributed by atoms with van der Waals surface area (Å²) in [4.78, 5) is 26.0. The average molecular weight is 569 g/mol. The van der Waals surface area contributed by atoms with Gasteiger partial charge in [0.15, 0.2) is 12.6 Å². The number of phenols is 3. The highest BCUT2D eigenvalue weighted by Crippen LogP contribution is 2.46. The molecule has 6 N–H and O–H groups in total. The molecule has 7 bridgehead atoms. The third kappa shape index (κ3) is 5.13. The molecule has 2 heterocycles. The van der Waals surface area contributed by atoms with E-state index in [1.165, 1.54) is 56.3 Å². The predicted molar refractivity (Wildman–Crippen MR) is 140 cm³/mol. The summed E-state index contributed by atoms with van der Waals surface area (Å²) < 4.78 is 22.4. The number of carbonyl (C=O) groups is 2. The number of ether oxygens (including phenoxy) is 4. The van der Waals surface area contributed by atoms with Crippen molar-refractivity contribution in [3.05, 3.63) is 64.7 Å². The lowest BCUT2D eigenvalue weighted by Crippen LogP contribution is -2.47. The summed E-state index contributed by atoms with van der Waals surface area (Å²) in [5.41, 5.74) is 0.455. The van der Waals surface area contributed by atoms with Crippen LogP contribution >= 0.6 is 0 Å².